The van der Waals surface area contributed by atoms with Crippen LogP contribution < -0.4 is 16.4 Å². The number of esters is 1. The summed E-state index contributed by atoms with van der Waals surface area (Å²) in [5.41, 5.74) is 7.30. The third kappa shape index (κ3) is 8.65. The molecule has 1 amide bonds. The zero-order chi connectivity index (χ0) is 27.0. The molecule has 1 heterocycles. The van der Waals surface area contributed by atoms with Crippen molar-refractivity contribution in [1.29, 1.82) is 0 Å². The van der Waals surface area contributed by atoms with E-state index in [9.17, 15) is 9.59 Å². The van der Waals surface area contributed by atoms with Gasteiger partial charge in [0.2, 0.25) is 0 Å². The predicted molar refractivity (Wildman–Crippen MR) is 147 cm³/mol. The summed E-state index contributed by atoms with van der Waals surface area (Å²) in [6.45, 7) is 7.80. The maximum absolute atomic E-state index is 13.1. The minimum absolute atomic E-state index is 0.0120. The Kier molecular flexibility index (Phi) is 9.77. The lowest BCUT2D eigenvalue weighted by Crippen LogP contribution is -2.44. The number of ether oxygens (including phenoxy) is 1. The van der Waals surface area contributed by atoms with Crippen molar-refractivity contribution in [1.82, 2.24) is 4.90 Å². The molecule has 1 unspecified atom stereocenters. The van der Waals surface area contributed by atoms with Crippen molar-refractivity contribution < 1.29 is 19.5 Å². The molecule has 0 spiro atoms. The summed E-state index contributed by atoms with van der Waals surface area (Å²) < 4.78 is 5.46. The summed E-state index contributed by atoms with van der Waals surface area (Å²) in [5, 5.41) is 18.5. The summed E-state index contributed by atoms with van der Waals surface area (Å²) in [7, 11) is 0. The summed E-state index contributed by atoms with van der Waals surface area (Å²) in [4.78, 5) is 27.6. The molecule has 1 saturated heterocycles. The van der Waals surface area contributed by atoms with Crippen LogP contribution in [0.25, 0.3) is 0 Å². The van der Waals surface area contributed by atoms with Gasteiger partial charge in [0, 0.05) is 41.1 Å². The van der Waals surface area contributed by atoms with E-state index in [1.54, 1.807) is 42.5 Å². The first-order valence-electron chi connectivity index (χ1n) is 12.4. The van der Waals surface area contributed by atoms with Crippen LogP contribution >= 0.6 is 11.6 Å². The van der Waals surface area contributed by atoms with Gasteiger partial charge in [0.05, 0.1) is 12.0 Å². The van der Waals surface area contributed by atoms with Crippen LogP contribution in [0, 0.1) is 0 Å². The van der Waals surface area contributed by atoms with Gasteiger partial charge in [0.1, 0.15) is 5.60 Å². The summed E-state index contributed by atoms with van der Waals surface area (Å²) in [5.74, 6) is -0.519. The second-order valence-corrected chi connectivity index (χ2v) is 10.5. The summed E-state index contributed by atoms with van der Waals surface area (Å²) in [6.07, 6.45) is 3.55. The number of halogens is 1. The van der Waals surface area contributed by atoms with Gasteiger partial charge in [-0.1, -0.05) is 23.2 Å². The average Bonchev–Trinajstić information content (AvgIpc) is 2.86. The number of carbonyl (C=O) groups excluding carboxylic acids is 2. The van der Waals surface area contributed by atoms with E-state index in [4.69, 9.17) is 27.3 Å². The van der Waals surface area contributed by atoms with E-state index in [2.05, 4.69) is 20.7 Å². The average molecular weight is 530 g/mol. The number of piperidine rings is 1. The van der Waals surface area contributed by atoms with Crippen molar-refractivity contribution in [3.8, 4) is 0 Å². The number of hydrogen-bond acceptors (Lipinski definition) is 7. The van der Waals surface area contributed by atoms with Crippen LogP contribution in [0.3, 0.4) is 0 Å². The first kappa shape index (κ1) is 28.3. The first-order valence-corrected chi connectivity index (χ1v) is 12.8. The Bertz CT molecular complexity index is 1110. The molecule has 0 aromatic heterocycles. The highest BCUT2D eigenvalue weighted by atomic mass is 35.5. The first-order chi connectivity index (χ1) is 17.6. The normalized spacial score (nSPS) is 16.8. The molecular weight excluding hydrogens is 494 g/mol. The van der Waals surface area contributed by atoms with E-state index in [-0.39, 0.29) is 23.8 Å². The predicted octanol–water partition coefficient (Wildman–Crippen LogP) is 4.69. The Morgan fingerprint density at radius 2 is 1.92 bits per heavy atom. The molecule has 1 fully saturated rings. The molecule has 10 heteroatoms. The van der Waals surface area contributed by atoms with Gasteiger partial charge in [0.15, 0.2) is 5.84 Å². The van der Waals surface area contributed by atoms with Gasteiger partial charge in [0.25, 0.3) is 5.91 Å². The quantitative estimate of drug-likeness (QED) is 0.122. The summed E-state index contributed by atoms with van der Waals surface area (Å²) in [6, 6.07) is 12.0. The minimum Gasteiger partial charge on any atom is -0.460 e. The highest BCUT2D eigenvalue weighted by molar-refractivity contribution is 6.31. The van der Waals surface area contributed by atoms with E-state index in [1.807, 2.05) is 20.8 Å². The molecule has 0 radical (unpaired) electrons. The minimum atomic E-state index is -0.491. The highest BCUT2D eigenvalue weighted by Crippen LogP contribution is 2.24. The number of amidine groups is 1. The molecule has 200 valence electrons. The third-order valence-electron chi connectivity index (χ3n) is 6.07. The van der Waals surface area contributed by atoms with Crippen LogP contribution in [-0.4, -0.2) is 59.1 Å². The van der Waals surface area contributed by atoms with Crippen molar-refractivity contribution in [2.45, 2.75) is 58.1 Å². The second kappa shape index (κ2) is 12.8. The van der Waals surface area contributed by atoms with E-state index < -0.39 is 5.60 Å². The van der Waals surface area contributed by atoms with Crippen molar-refractivity contribution in [3.63, 3.8) is 0 Å². The molecule has 1 aliphatic rings. The van der Waals surface area contributed by atoms with Gasteiger partial charge >= 0.3 is 5.97 Å². The van der Waals surface area contributed by atoms with E-state index in [1.165, 1.54) is 0 Å². The van der Waals surface area contributed by atoms with Crippen LogP contribution in [0.5, 0.6) is 0 Å². The van der Waals surface area contributed by atoms with Gasteiger partial charge in [-0.3, -0.25) is 14.5 Å². The van der Waals surface area contributed by atoms with Crippen LogP contribution in [0.15, 0.2) is 47.6 Å². The van der Waals surface area contributed by atoms with E-state index >= 15 is 0 Å². The molecule has 0 aliphatic carbocycles. The lowest BCUT2D eigenvalue weighted by molar-refractivity contribution is -0.155. The number of nitrogens with one attached hydrogen (secondary N) is 2. The number of carbonyl (C=O) groups is 2. The van der Waals surface area contributed by atoms with Crippen LogP contribution in [0.1, 0.15) is 62.4 Å². The standard InChI is InChI=1S/C27H36ClN5O4/c1-27(2,3)37-24(34)13-15-33-14-5-4-6-21(33)17-30-23-12-9-19(28)16-22(23)26(35)31-20-10-7-18(8-11-20)25(29)32-36/h7-12,16,21,30,36H,4-6,13-15,17H2,1-3H3,(H2,29,32)(H,31,35). The van der Waals surface area contributed by atoms with Crippen LogP contribution in [0.2, 0.25) is 5.02 Å². The number of benzene rings is 2. The lowest BCUT2D eigenvalue weighted by atomic mass is 10.0. The fourth-order valence-electron chi connectivity index (χ4n) is 4.28. The van der Waals surface area contributed by atoms with E-state index in [0.717, 1.165) is 25.8 Å². The van der Waals surface area contributed by atoms with Gasteiger partial charge in [-0.15, -0.1) is 0 Å². The molecule has 0 bridgehead atoms. The Labute approximate surface area is 223 Å². The molecule has 5 N–H and O–H groups in total. The maximum atomic E-state index is 13.1. The molecular formula is C27H36ClN5O4. The number of oxime groups is 1. The largest absolute Gasteiger partial charge is 0.460 e. The van der Waals surface area contributed by atoms with Crippen LogP contribution in [-0.2, 0) is 9.53 Å². The summed E-state index contributed by atoms with van der Waals surface area (Å²) >= 11 is 6.21. The Morgan fingerprint density at radius 3 is 2.59 bits per heavy atom. The number of rotatable bonds is 9. The number of nitrogens with two attached hydrogens (primary N) is 1. The SMILES string of the molecule is CC(C)(C)OC(=O)CCN1CCCCC1CNc1ccc(Cl)cc1C(=O)Nc1ccc(C(N)=NO)cc1. The number of amides is 1. The Hall–Kier alpha value is -3.30. The molecule has 1 atom stereocenters. The van der Waals surface area contributed by atoms with Gasteiger partial charge in [-0.25, -0.2) is 0 Å². The molecule has 37 heavy (non-hydrogen) atoms. The van der Waals surface area contributed by atoms with Gasteiger partial charge in [-0.2, -0.15) is 0 Å². The molecule has 1 aliphatic heterocycles. The zero-order valence-electron chi connectivity index (χ0n) is 21.6. The maximum Gasteiger partial charge on any atom is 0.307 e. The van der Waals surface area contributed by atoms with Crippen molar-refractivity contribution in [3.05, 3.63) is 58.6 Å². The number of anilines is 2. The molecule has 2 aromatic carbocycles. The molecule has 3 rings (SSSR count). The second-order valence-electron chi connectivity index (χ2n) is 10.1. The highest BCUT2D eigenvalue weighted by Gasteiger charge is 2.25. The van der Waals surface area contributed by atoms with E-state index in [0.29, 0.717) is 47.0 Å². The Morgan fingerprint density at radius 1 is 1.19 bits per heavy atom. The number of hydrogen-bond donors (Lipinski definition) is 4. The van der Waals surface area contributed by atoms with Crippen LogP contribution in [0.4, 0.5) is 11.4 Å². The number of nitrogens with zero attached hydrogens (tertiary/aromatic N) is 2. The Balaban J connectivity index is 1.64. The fraction of sp³-hybridized carbons (Fsp3) is 0.444. The zero-order valence-corrected chi connectivity index (χ0v) is 22.3. The van der Waals surface area contributed by atoms with Gasteiger partial charge in [-0.05, 0) is 82.6 Å². The van der Waals surface area contributed by atoms with Crippen molar-refractivity contribution in [2.24, 2.45) is 10.9 Å². The fourth-order valence-corrected chi connectivity index (χ4v) is 4.45. The smallest absolute Gasteiger partial charge is 0.307 e. The van der Waals surface area contributed by atoms with Crippen molar-refractivity contribution in [2.75, 3.05) is 30.3 Å². The third-order valence-corrected chi connectivity index (χ3v) is 6.31. The molecule has 2 aromatic rings. The topological polar surface area (TPSA) is 129 Å². The monoisotopic (exact) mass is 529 g/mol. The van der Waals surface area contributed by atoms with Gasteiger partial charge < -0.3 is 26.3 Å². The van der Waals surface area contributed by atoms with Crippen molar-refractivity contribution >= 4 is 40.7 Å². The molecule has 9 nitrogen and oxygen atoms in total. The molecule has 0 saturated carbocycles. The number of likely N-dealkylation sites (tertiary alicyclic amines) is 1. The lowest BCUT2D eigenvalue weighted by Gasteiger charge is -2.36.